The van der Waals surface area contributed by atoms with Gasteiger partial charge in [-0.2, -0.15) is 0 Å². The Kier molecular flexibility index (Phi) is 27.9. The molecule has 0 aliphatic heterocycles. The van der Waals surface area contributed by atoms with Crippen molar-refractivity contribution < 1.29 is 0 Å². The number of unbranched alkanes of at least 4 members (excludes halogenated alkanes) is 36. The standard InChI is InChI=1S/C96H126N4/c1-5-9-13-17-21-25-29-33-37-45-65-97-89-51-43-41-49-81(89)85-71-95-87(73-93(85)97)83-69-79(61-63-91(83)99(95)67-47-39-35-31-27-23-19-15-11-7-3)77-57-53-75(54-58-77)76-55-59-78(60-56-76)80-62-64-92-84(70-80)88-74-94-86(72-96(88)100(92)68-48-40-36-32-28-24-20-16-12-8-4)82-50-42-44-52-90(82)98(94)66-46-38-34-30-26-22-18-14-10-6-2/h41-44,49-64,69-74H,5-40,45-48,65-68H2,1-4H3. The molecule has 0 saturated heterocycles. The first-order valence-corrected chi connectivity index (χ1v) is 41.7. The summed E-state index contributed by atoms with van der Waals surface area (Å²) in [6.07, 6.45) is 54.2. The molecule has 0 saturated carbocycles. The molecule has 100 heavy (non-hydrogen) atoms. The van der Waals surface area contributed by atoms with Crippen LogP contribution in [0.2, 0.25) is 0 Å². The van der Waals surface area contributed by atoms with Gasteiger partial charge >= 0.3 is 0 Å². The molecule has 8 aromatic carbocycles. The molecule has 0 fully saturated rings. The van der Waals surface area contributed by atoms with Gasteiger partial charge in [-0.05, 0) is 120 Å². The van der Waals surface area contributed by atoms with Crippen molar-refractivity contribution in [3.8, 4) is 33.4 Å². The molecule has 4 nitrogen and oxygen atoms in total. The average Bonchev–Trinajstić information content (AvgIpc) is 1.57. The molecule has 0 atom stereocenters. The Balaban J connectivity index is 0.790. The number of hydrogen-bond donors (Lipinski definition) is 0. The number of hydrogen-bond acceptors (Lipinski definition) is 0. The Bertz CT molecular complexity index is 4160. The molecular weight excluding hydrogens is 1210 g/mol. The summed E-state index contributed by atoms with van der Waals surface area (Å²) in [4.78, 5) is 0. The van der Waals surface area contributed by atoms with Gasteiger partial charge in [0.2, 0.25) is 0 Å². The lowest BCUT2D eigenvalue weighted by molar-refractivity contribution is 0.541. The van der Waals surface area contributed by atoms with Crippen LogP contribution >= 0.6 is 0 Å². The van der Waals surface area contributed by atoms with Gasteiger partial charge in [-0.1, -0.05) is 356 Å². The summed E-state index contributed by atoms with van der Waals surface area (Å²) in [6.45, 7) is 13.5. The smallest absolute Gasteiger partial charge is 0.0499 e. The van der Waals surface area contributed by atoms with Crippen molar-refractivity contribution in [2.75, 3.05) is 0 Å². The summed E-state index contributed by atoms with van der Waals surface area (Å²) < 4.78 is 10.7. The first kappa shape index (κ1) is 72.7. The maximum Gasteiger partial charge on any atom is 0.0499 e. The molecule has 0 N–H and O–H groups in total. The summed E-state index contributed by atoms with van der Waals surface area (Å²) >= 11 is 0. The lowest BCUT2D eigenvalue weighted by Crippen LogP contribution is -1.99. The summed E-state index contributed by atoms with van der Waals surface area (Å²) in [6, 6.07) is 62.4. The third-order valence-electron chi connectivity index (χ3n) is 23.2. The van der Waals surface area contributed by atoms with Crippen LogP contribution in [0.15, 0.2) is 158 Å². The minimum Gasteiger partial charge on any atom is -0.340 e. The molecule has 12 aromatic rings. The van der Waals surface area contributed by atoms with E-state index in [2.05, 4.69) is 204 Å². The van der Waals surface area contributed by atoms with Crippen LogP contribution < -0.4 is 0 Å². The number of aryl methyl sites for hydroxylation is 4. The van der Waals surface area contributed by atoms with Gasteiger partial charge in [0.1, 0.15) is 0 Å². The Labute approximate surface area is 603 Å². The van der Waals surface area contributed by atoms with Crippen LogP contribution in [0.5, 0.6) is 0 Å². The first-order chi connectivity index (χ1) is 49.6. The van der Waals surface area contributed by atoms with Gasteiger partial charge in [0.05, 0.1) is 0 Å². The average molecular weight is 1340 g/mol. The molecule has 4 heteroatoms. The van der Waals surface area contributed by atoms with Crippen molar-refractivity contribution in [1.29, 1.82) is 0 Å². The molecule has 0 unspecified atom stereocenters. The molecule has 4 heterocycles. The molecule has 0 aliphatic rings. The highest BCUT2D eigenvalue weighted by Crippen LogP contribution is 2.42. The predicted octanol–water partition coefficient (Wildman–Crippen LogP) is 30.8. The normalized spacial score (nSPS) is 12.2. The van der Waals surface area contributed by atoms with Gasteiger partial charge < -0.3 is 18.3 Å². The van der Waals surface area contributed by atoms with E-state index >= 15 is 0 Å². The molecule has 0 bridgehead atoms. The van der Waals surface area contributed by atoms with Crippen molar-refractivity contribution in [3.05, 3.63) is 158 Å². The number of para-hydroxylation sites is 2. The third-order valence-corrected chi connectivity index (χ3v) is 23.2. The fraction of sp³-hybridized carbons (Fsp3) is 0.500. The molecule has 0 amide bonds. The zero-order valence-corrected chi connectivity index (χ0v) is 62.9. The topological polar surface area (TPSA) is 19.7 Å². The first-order valence-electron chi connectivity index (χ1n) is 41.7. The molecule has 0 radical (unpaired) electrons. The van der Waals surface area contributed by atoms with Gasteiger partial charge in [-0.15, -0.1) is 0 Å². The van der Waals surface area contributed by atoms with E-state index < -0.39 is 0 Å². The van der Waals surface area contributed by atoms with E-state index in [-0.39, 0.29) is 0 Å². The van der Waals surface area contributed by atoms with E-state index in [9.17, 15) is 0 Å². The number of rotatable bonds is 47. The fourth-order valence-corrected chi connectivity index (χ4v) is 17.3. The van der Waals surface area contributed by atoms with Gasteiger partial charge in [0.25, 0.3) is 0 Å². The van der Waals surface area contributed by atoms with Gasteiger partial charge in [0, 0.05) is 113 Å². The van der Waals surface area contributed by atoms with E-state index in [0.29, 0.717) is 0 Å². The molecule has 530 valence electrons. The van der Waals surface area contributed by atoms with Crippen LogP contribution in [0.25, 0.3) is 121 Å². The van der Waals surface area contributed by atoms with Crippen LogP contribution in [0.4, 0.5) is 0 Å². The summed E-state index contributed by atoms with van der Waals surface area (Å²) in [7, 11) is 0. The van der Waals surface area contributed by atoms with Crippen molar-refractivity contribution >= 4 is 87.2 Å². The predicted molar refractivity (Wildman–Crippen MR) is 442 cm³/mol. The molecule has 0 spiro atoms. The second-order valence-corrected chi connectivity index (χ2v) is 30.8. The van der Waals surface area contributed by atoms with Gasteiger partial charge in [-0.3, -0.25) is 0 Å². The molecule has 4 aromatic heterocycles. The highest BCUT2D eigenvalue weighted by atomic mass is 15.0. The van der Waals surface area contributed by atoms with Crippen molar-refractivity contribution in [2.45, 2.75) is 311 Å². The van der Waals surface area contributed by atoms with Crippen molar-refractivity contribution in [2.24, 2.45) is 0 Å². The lowest BCUT2D eigenvalue weighted by atomic mass is 9.97. The fourth-order valence-electron chi connectivity index (χ4n) is 17.3. The van der Waals surface area contributed by atoms with E-state index in [1.54, 1.807) is 0 Å². The zero-order chi connectivity index (χ0) is 68.5. The maximum atomic E-state index is 2.69. The van der Waals surface area contributed by atoms with E-state index in [0.717, 1.165) is 26.2 Å². The summed E-state index contributed by atoms with van der Waals surface area (Å²) in [5.41, 5.74) is 18.7. The van der Waals surface area contributed by atoms with Crippen LogP contribution in [0, 0.1) is 0 Å². The number of aromatic nitrogens is 4. The minimum absolute atomic E-state index is 1.06. The SMILES string of the molecule is CCCCCCCCCCCCn1c2ccccc2c2cc3c(cc21)c1cc(-c2ccc(-c4ccc(-c5ccc6c(c5)c5cc7c(cc5n6CCCCCCCCCCCC)c5ccccc5n7CCCCCCCCCCCC)cc4)cc2)ccc1n3CCCCCCCCCCCC. The molecular formula is C96H126N4. The third kappa shape index (κ3) is 18.2. The molecule has 0 aliphatic carbocycles. The Morgan fingerprint density at radius 3 is 0.610 bits per heavy atom. The van der Waals surface area contributed by atoms with Gasteiger partial charge in [0.15, 0.2) is 0 Å². The quantitative estimate of drug-likeness (QED) is 0.0339. The Morgan fingerprint density at radius 2 is 0.350 bits per heavy atom. The number of benzene rings is 8. The second kappa shape index (κ2) is 38.3. The van der Waals surface area contributed by atoms with E-state index in [1.165, 1.54) is 377 Å². The van der Waals surface area contributed by atoms with Crippen LogP contribution in [0.3, 0.4) is 0 Å². The van der Waals surface area contributed by atoms with Crippen LogP contribution in [-0.2, 0) is 26.2 Å². The summed E-state index contributed by atoms with van der Waals surface area (Å²) in [5.74, 6) is 0. The summed E-state index contributed by atoms with van der Waals surface area (Å²) in [5, 5.41) is 11.1. The van der Waals surface area contributed by atoms with E-state index in [1.807, 2.05) is 0 Å². The zero-order valence-electron chi connectivity index (χ0n) is 62.9. The largest absolute Gasteiger partial charge is 0.340 e. The monoisotopic (exact) mass is 1330 g/mol. The lowest BCUT2D eigenvalue weighted by Gasteiger charge is -2.10. The Morgan fingerprint density at radius 1 is 0.160 bits per heavy atom. The van der Waals surface area contributed by atoms with Crippen LogP contribution in [0.1, 0.15) is 285 Å². The Hall–Kier alpha value is -7.04. The number of nitrogens with zero attached hydrogens (tertiary/aromatic N) is 4. The number of fused-ring (bicyclic) bond motifs is 12. The second-order valence-electron chi connectivity index (χ2n) is 30.8. The minimum atomic E-state index is 1.06. The van der Waals surface area contributed by atoms with E-state index in [4.69, 9.17) is 0 Å². The maximum absolute atomic E-state index is 2.69. The molecule has 12 rings (SSSR count). The van der Waals surface area contributed by atoms with Crippen LogP contribution in [-0.4, -0.2) is 18.3 Å². The highest BCUT2D eigenvalue weighted by molar-refractivity contribution is 6.20. The van der Waals surface area contributed by atoms with Crippen molar-refractivity contribution in [1.82, 2.24) is 18.3 Å². The highest BCUT2D eigenvalue weighted by Gasteiger charge is 2.21. The van der Waals surface area contributed by atoms with Gasteiger partial charge in [-0.25, -0.2) is 0 Å². The van der Waals surface area contributed by atoms with Crippen molar-refractivity contribution in [3.63, 3.8) is 0 Å².